The normalized spacial score (nSPS) is 21.8. The largest absolute Gasteiger partial charge is 0.468 e. The number of piperazine rings is 2. The van der Waals surface area contributed by atoms with Crippen LogP contribution in [0.15, 0.2) is 48.7 Å². The van der Waals surface area contributed by atoms with E-state index in [0.717, 1.165) is 96.2 Å². The standard InChI is InChI=1S/C72H94F2N10O9Si/c1-45(2)94(46(3)4,47(5)6)33-20-55-58(73)17-14-50-34-54(91-44-89-11)36-56(61(50)55)63-62(74)64-57(37-75-63)65(82-39-52-15-16-53(40-82)84(52)69(88)93-70(8,9)10)78-67(77-64)90-43-71(22-23-71)42-80-31-29-79(30-32-80)38-49-18-21-72(92-41-49)24-27-81(28-25-72)66(86)51-13-12-48(7)59(35-51)83-26-19-60(85)76-68(83)87/h12-14,17,34-37,45-47,49,52-53H,15-16,18-19,21-32,38-44H2,1-11H3,(H,76,85,87). The number of carbonyl (C=O) groups is 4. The van der Waals surface area contributed by atoms with Crippen molar-refractivity contribution in [1.29, 1.82) is 0 Å². The van der Waals surface area contributed by atoms with Gasteiger partial charge in [-0.25, -0.2) is 18.4 Å². The van der Waals surface area contributed by atoms with Gasteiger partial charge in [0.05, 0.1) is 41.8 Å². The Morgan fingerprint density at radius 1 is 0.840 bits per heavy atom. The first kappa shape index (κ1) is 67.0. The molecule has 0 radical (unpaired) electrons. The molecule has 1 saturated carbocycles. The molecule has 94 heavy (non-hydrogen) atoms. The zero-order chi connectivity index (χ0) is 66.6. The predicted octanol–water partition coefficient (Wildman–Crippen LogP) is 11.9. The van der Waals surface area contributed by atoms with E-state index in [1.54, 1.807) is 30.5 Å². The Labute approximate surface area is 552 Å². The van der Waals surface area contributed by atoms with E-state index in [0.29, 0.717) is 106 Å². The van der Waals surface area contributed by atoms with Crippen LogP contribution in [-0.2, 0) is 19.0 Å². The van der Waals surface area contributed by atoms with Gasteiger partial charge in [0.1, 0.15) is 42.3 Å². The number of methoxy groups -OCH3 is 1. The molecule has 7 aliphatic rings. The van der Waals surface area contributed by atoms with Crippen LogP contribution < -0.4 is 24.6 Å². The number of carbonyl (C=O) groups excluding carboxylic acids is 4. The van der Waals surface area contributed by atoms with Gasteiger partial charge in [-0.3, -0.25) is 29.7 Å². The lowest BCUT2D eigenvalue weighted by atomic mass is 9.81. The number of fused-ring (bicyclic) bond motifs is 4. The minimum Gasteiger partial charge on any atom is -0.468 e. The molecule has 22 heteroatoms. The number of likely N-dealkylation sites (tertiary alicyclic amines) is 1. The number of piperidine rings is 1. The minimum atomic E-state index is -2.36. The summed E-state index contributed by atoms with van der Waals surface area (Å²) in [5, 5.41) is 3.79. The summed E-state index contributed by atoms with van der Waals surface area (Å²) >= 11 is 0. The summed E-state index contributed by atoms with van der Waals surface area (Å²) < 4.78 is 65.6. The summed E-state index contributed by atoms with van der Waals surface area (Å²) in [5.74, 6) is 3.06. The van der Waals surface area contributed by atoms with E-state index in [4.69, 9.17) is 38.6 Å². The molecule has 6 saturated heterocycles. The van der Waals surface area contributed by atoms with Gasteiger partial charge < -0.3 is 43.3 Å². The number of halogens is 2. The van der Waals surface area contributed by atoms with E-state index in [9.17, 15) is 19.2 Å². The van der Waals surface area contributed by atoms with Gasteiger partial charge in [0.2, 0.25) is 5.91 Å². The minimum absolute atomic E-state index is 0.0110. The van der Waals surface area contributed by atoms with E-state index in [-0.39, 0.29) is 83.6 Å². The second kappa shape index (κ2) is 26.9. The fourth-order valence-corrected chi connectivity index (χ4v) is 21.2. The van der Waals surface area contributed by atoms with Crippen LogP contribution in [0.5, 0.6) is 11.8 Å². The molecular weight excluding hydrogens is 1210 g/mol. The molecule has 7 fully saturated rings. The van der Waals surface area contributed by atoms with Crippen molar-refractivity contribution in [2.45, 2.75) is 167 Å². The van der Waals surface area contributed by atoms with Gasteiger partial charge in [0.25, 0.3) is 5.91 Å². The average molecular weight is 1310 g/mol. The van der Waals surface area contributed by atoms with Gasteiger partial charge in [-0.1, -0.05) is 59.6 Å². The van der Waals surface area contributed by atoms with Crippen LogP contribution in [-0.4, -0.2) is 189 Å². The Balaban J connectivity index is 0.737. The number of rotatable bonds is 17. The summed E-state index contributed by atoms with van der Waals surface area (Å²) in [6.07, 6.45) is 8.57. The maximum atomic E-state index is 18.3. The number of urea groups is 1. The highest BCUT2D eigenvalue weighted by Crippen LogP contribution is 2.48. The number of benzene rings is 3. The quantitative estimate of drug-likeness (QED) is 0.0526. The summed E-state index contributed by atoms with van der Waals surface area (Å²) in [5.41, 5.74) is 6.03. The van der Waals surface area contributed by atoms with Crippen LogP contribution in [0.25, 0.3) is 32.9 Å². The van der Waals surface area contributed by atoms with E-state index in [2.05, 4.69) is 73.0 Å². The van der Waals surface area contributed by atoms with Gasteiger partial charge in [-0.05, 0) is 143 Å². The first-order chi connectivity index (χ1) is 44.9. The Kier molecular flexibility index (Phi) is 19.1. The van der Waals surface area contributed by atoms with Crippen molar-refractivity contribution >= 4 is 65.2 Å². The molecule has 2 bridgehead atoms. The van der Waals surface area contributed by atoms with Crippen LogP contribution in [0.2, 0.25) is 16.6 Å². The number of anilines is 2. The van der Waals surface area contributed by atoms with Crippen LogP contribution in [0.1, 0.15) is 142 Å². The lowest BCUT2D eigenvalue weighted by Crippen LogP contribution is -2.57. The first-order valence-electron chi connectivity index (χ1n) is 34.1. The number of ether oxygens (including phenoxy) is 5. The molecule has 3 aromatic carbocycles. The second-order valence-electron chi connectivity index (χ2n) is 29.7. The number of hydrogen-bond donors (Lipinski definition) is 1. The van der Waals surface area contributed by atoms with Gasteiger partial charge in [-0.2, -0.15) is 9.97 Å². The van der Waals surface area contributed by atoms with Crippen molar-refractivity contribution < 1.29 is 51.6 Å². The highest BCUT2D eigenvalue weighted by molar-refractivity contribution is 6.90. The lowest BCUT2D eigenvalue weighted by Gasteiger charge is -2.46. The Morgan fingerprint density at radius 3 is 2.18 bits per heavy atom. The molecule has 8 heterocycles. The molecule has 3 unspecified atom stereocenters. The van der Waals surface area contributed by atoms with E-state index >= 15 is 8.78 Å². The summed E-state index contributed by atoms with van der Waals surface area (Å²) in [6.45, 7) is 29.7. The molecule has 12 rings (SSSR count). The number of amides is 5. The van der Waals surface area contributed by atoms with Crippen LogP contribution in [0.3, 0.4) is 0 Å². The highest BCUT2D eigenvalue weighted by Gasteiger charge is 2.48. The fourth-order valence-electron chi connectivity index (χ4n) is 16.0. The maximum Gasteiger partial charge on any atom is 0.410 e. The van der Waals surface area contributed by atoms with Crippen molar-refractivity contribution in [2.75, 3.05) is 109 Å². The number of hydrogen-bond acceptors (Lipinski definition) is 15. The molecule has 5 aromatic rings. The Morgan fingerprint density at radius 2 is 1.54 bits per heavy atom. The van der Waals surface area contributed by atoms with E-state index in [1.807, 2.05) is 49.6 Å². The van der Waals surface area contributed by atoms with Gasteiger partial charge >= 0.3 is 18.1 Å². The molecule has 1 N–H and O–H groups in total. The van der Waals surface area contributed by atoms with Crippen LogP contribution >= 0.6 is 0 Å². The highest BCUT2D eigenvalue weighted by atomic mass is 28.3. The van der Waals surface area contributed by atoms with Crippen molar-refractivity contribution in [2.24, 2.45) is 11.3 Å². The molecule has 1 aliphatic carbocycles. The fraction of sp³-hybridized carbons (Fsp3) is 0.597. The topological polar surface area (TPSA) is 185 Å². The van der Waals surface area contributed by atoms with E-state index < -0.39 is 31.3 Å². The average Bonchev–Trinajstić information content (AvgIpc) is 0.955. The van der Waals surface area contributed by atoms with Gasteiger partial charge in [0.15, 0.2) is 12.6 Å². The molecular formula is C72H94F2N10O9Si. The monoisotopic (exact) mass is 1310 g/mol. The molecule has 2 aromatic heterocycles. The Hall–Kier alpha value is -7.03. The van der Waals surface area contributed by atoms with Gasteiger partial charge in [-0.15, -0.1) is 5.54 Å². The van der Waals surface area contributed by atoms with Crippen molar-refractivity contribution in [1.82, 2.24) is 39.9 Å². The molecule has 19 nitrogen and oxygen atoms in total. The third-order valence-electron chi connectivity index (χ3n) is 21.3. The lowest BCUT2D eigenvalue weighted by molar-refractivity contribution is -0.129. The summed E-state index contributed by atoms with van der Waals surface area (Å²) in [7, 11) is -0.836. The molecule has 6 aliphatic heterocycles. The first-order valence-corrected chi connectivity index (χ1v) is 36.4. The number of aromatic nitrogens is 3. The number of imide groups is 1. The summed E-state index contributed by atoms with van der Waals surface area (Å²) in [6, 6.07) is 11.3. The smallest absolute Gasteiger partial charge is 0.410 e. The number of pyridine rings is 1. The molecule has 5 amide bonds. The maximum absolute atomic E-state index is 18.3. The molecule has 504 valence electrons. The second-order valence-corrected chi connectivity index (χ2v) is 35.3. The zero-order valence-corrected chi connectivity index (χ0v) is 57.8. The number of nitrogens with one attached hydrogen (secondary N) is 1. The van der Waals surface area contributed by atoms with E-state index in [1.165, 1.54) is 18.1 Å². The van der Waals surface area contributed by atoms with Crippen LogP contribution in [0, 0.1) is 41.4 Å². The van der Waals surface area contributed by atoms with Crippen LogP contribution in [0.4, 0.5) is 29.9 Å². The summed E-state index contributed by atoms with van der Waals surface area (Å²) in [4.78, 5) is 79.4. The van der Waals surface area contributed by atoms with Crippen molar-refractivity contribution in [3.63, 3.8) is 0 Å². The SMILES string of the molecule is COCOc1cc(-c2ncc3c(N4CC5CCC(C4)N5C(=O)OC(C)(C)C)nc(OCC4(CN5CCN(CC6CCC7(CCN(C(=O)c8ccc(C)c(N9CCC(=O)NC9=O)c8)CC7)OC6)CC5)CC4)nc3c2F)c2c(C#C[Si](C(C)C)(C(C)C)C(C)C)c(F)ccc2c1. The third kappa shape index (κ3) is 13.7. The predicted molar refractivity (Wildman–Crippen MR) is 361 cm³/mol. The van der Waals surface area contributed by atoms with Gasteiger partial charge in [0, 0.05) is 119 Å². The van der Waals surface area contributed by atoms with Crippen molar-refractivity contribution in [3.8, 4) is 34.5 Å². The number of aryl methyl sites for hydroxylation is 1. The molecule has 3 atom stereocenters. The third-order valence-corrected chi connectivity index (χ3v) is 27.6. The molecule has 1 spiro atoms. The zero-order valence-electron chi connectivity index (χ0n) is 56.8. The number of nitrogens with zero attached hydrogens (tertiary/aromatic N) is 9. The Bertz CT molecular complexity index is 3730. The van der Waals surface area contributed by atoms with Crippen molar-refractivity contribution in [3.05, 3.63) is 77.0 Å².